The van der Waals surface area contributed by atoms with Crippen LogP contribution in [0, 0.1) is 13.8 Å². The van der Waals surface area contributed by atoms with E-state index in [1.54, 1.807) is 6.07 Å². The minimum absolute atomic E-state index is 0.376. The van der Waals surface area contributed by atoms with Crippen LogP contribution in [0.4, 0.5) is 0 Å². The van der Waals surface area contributed by atoms with Gasteiger partial charge in [0.15, 0.2) is 0 Å². The van der Waals surface area contributed by atoms with Crippen LogP contribution in [0.15, 0.2) is 18.2 Å². The van der Waals surface area contributed by atoms with Gasteiger partial charge < -0.3 is 10.2 Å². The molecule has 0 aliphatic heterocycles. The van der Waals surface area contributed by atoms with Crippen molar-refractivity contribution >= 4 is 0 Å². The lowest BCUT2D eigenvalue weighted by Gasteiger charge is -1.97. The van der Waals surface area contributed by atoms with Crippen LogP contribution < -0.4 is 0 Å². The Hall–Kier alpha value is -1.02. The van der Waals surface area contributed by atoms with Crippen molar-refractivity contribution in [1.29, 1.82) is 0 Å². The highest BCUT2D eigenvalue weighted by atomic mass is 16.3. The number of aryl methyl sites for hydroxylation is 2. The molecule has 0 aromatic heterocycles. The summed E-state index contributed by atoms with van der Waals surface area (Å²) in [7, 11) is 1.00. The first kappa shape index (κ1) is 14.5. The maximum absolute atomic E-state index is 9.04. The fourth-order valence-electron chi connectivity index (χ4n) is 0.805. The molecule has 2 N–H and O–H groups in total. The standard InChI is InChI=1S/C8H10O.C2H6.CH4O/c1-6-3-4-8(9)7(2)5-6;2*1-2/h3-5,9H,1-2H3;1-2H3;2H,1H3. The fourth-order valence-corrected chi connectivity index (χ4v) is 0.805. The van der Waals surface area contributed by atoms with Gasteiger partial charge in [-0.05, 0) is 25.5 Å². The van der Waals surface area contributed by atoms with Gasteiger partial charge in [-0.2, -0.15) is 0 Å². The van der Waals surface area contributed by atoms with Crippen LogP contribution in [0.25, 0.3) is 0 Å². The van der Waals surface area contributed by atoms with Gasteiger partial charge >= 0.3 is 0 Å². The van der Waals surface area contributed by atoms with E-state index in [-0.39, 0.29) is 0 Å². The number of aromatic hydroxyl groups is 1. The lowest BCUT2D eigenvalue weighted by Crippen LogP contribution is -1.75. The van der Waals surface area contributed by atoms with Crippen molar-refractivity contribution in [2.45, 2.75) is 27.7 Å². The van der Waals surface area contributed by atoms with Gasteiger partial charge in [-0.15, -0.1) is 0 Å². The first-order valence-corrected chi connectivity index (χ1v) is 4.41. The van der Waals surface area contributed by atoms with Gasteiger partial charge in [0.25, 0.3) is 0 Å². The molecule has 1 rings (SSSR count). The monoisotopic (exact) mass is 184 g/mol. The topological polar surface area (TPSA) is 40.5 Å². The van der Waals surface area contributed by atoms with Crippen molar-refractivity contribution in [3.8, 4) is 5.75 Å². The van der Waals surface area contributed by atoms with Crippen LogP contribution in [0.1, 0.15) is 25.0 Å². The summed E-state index contributed by atoms with van der Waals surface area (Å²) in [6, 6.07) is 5.56. The Morgan fingerprint density at radius 1 is 1.00 bits per heavy atom. The molecule has 0 radical (unpaired) electrons. The highest BCUT2D eigenvalue weighted by Crippen LogP contribution is 2.15. The summed E-state index contributed by atoms with van der Waals surface area (Å²) in [6.07, 6.45) is 0. The predicted octanol–water partition coefficient (Wildman–Crippen LogP) is 2.64. The second-order valence-corrected chi connectivity index (χ2v) is 2.29. The minimum Gasteiger partial charge on any atom is -0.508 e. The van der Waals surface area contributed by atoms with Crippen LogP contribution in [0.3, 0.4) is 0 Å². The van der Waals surface area contributed by atoms with Crippen LogP contribution >= 0.6 is 0 Å². The second kappa shape index (κ2) is 9.07. The van der Waals surface area contributed by atoms with E-state index in [9.17, 15) is 0 Å². The SMILES string of the molecule is CC.CO.Cc1ccc(O)c(C)c1. The number of aliphatic hydroxyl groups excluding tert-OH is 1. The van der Waals surface area contributed by atoms with Gasteiger partial charge in [0, 0.05) is 7.11 Å². The molecule has 0 amide bonds. The Balaban J connectivity index is 0. The normalized spacial score (nSPS) is 7.54. The van der Waals surface area contributed by atoms with E-state index in [0.29, 0.717) is 5.75 Å². The van der Waals surface area contributed by atoms with E-state index in [1.165, 1.54) is 5.56 Å². The lowest BCUT2D eigenvalue weighted by molar-refractivity contribution is 0.399. The van der Waals surface area contributed by atoms with Crippen LogP contribution in [0.2, 0.25) is 0 Å². The molecule has 0 aliphatic rings. The van der Waals surface area contributed by atoms with Crippen LogP contribution in [0.5, 0.6) is 5.75 Å². The molecule has 0 fully saturated rings. The van der Waals surface area contributed by atoms with Crippen molar-refractivity contribution in [2.75, 3.05) is 7.11 Å². The van der Waals surface area contributed by atoms with E-state index in [1.807, 2.05) is 39.8 Å². The molecule has 76 valence electrons. The quantitative estimate of drug-likeness (QED) is 0.650. The highest BCUT2D eigenvalue weighted by Gasteiger charge is 1.91. The van der Waals surface area contributed by atoms with E-state index >= 15 is 0 Å². The number of rotatable bonds is 0. The largest absolute Gasteiger partial charge is 0.508 e. The molecule has 0 spiro atoms. The molecule has 0 atom stereocenters. The Morgan fingerprint density at radius 2 is 1.46 bits per heavy atom. The van der Waals surface area contributed by atoms with E-state index in [4.69, 9.17) is 10.2 Å². The number of aliphatic hydroxyl groups is 1. The van der Waals surface area contributed by atoms with Crippen molar-refractivity contribution in [3.05, 3.63) is 29.3 Å². The number of benzene rings is 1. The summed E-state index contributed by atoms with van der Waals surface area (Å²) in [5.41, 5.74) is 2.13. The maximum Gasteiger partial charge on any atom is 0.118 e. The zero-order chi connectivity index (χ0) is 10.9. The summed E-state index contributed by atoms with van der Waals surface area (Å²) in [4.78, 5) is 0. The average Bonchev–Trinajstić information content (AvgIpc) is 2.18. The zero-order valence-electron chi connectivity index (χ0n) is 9.13. The Kier molecular flexibility index (Phi) is 10.1. The number of hydrogen-bond donors (Lipinski definition) is 2. The maximum atomic E-state index is 9.04. The number of phenols is 1. The summed E-state index contributed by atoms with van der Waals surface area (Å²) >= 11 is 0. The molecule has 1 aromatic carbocycles. The van der Waals surface area contributed by atoms with Crippen molar-refractivity contribution in [3.63, 3.8) is 0 Å². The summed E-state index contributed by atoms with van der Waals surface area (Å²) < 4.78 is 0. The first-order chi connectivity index (χ1) is 6.20. The molecule has 0 saturated heterocycles. The third-order valence-corrected chi connectivity index (χ3v) is 1.35. The Bertz CT molecular complexity index is 219. The summed E-state index contributed by atoms with van der Waals surface area (Å²) in [5.74, 6) is 0.376. The highest BCUT2D eigenvalue weighted by molar-refractivity contribution is 5.34. The molecule has 0 aliphatic carbocycles. The molecule has 2 heteroatoms. The molecule has 0 heterocycles. The smallest absolute Gasteiger partial charge is 0.118 e. The average molecular weight is 184 g/mol. The van der Waals surface area contributed by atoms with Crippen LogP contribution in [-0.2, 0) is 0 Å². The van der Waals surface area contributed by atoms with Crippen molar-refractivity contribution in [1.82, 2.24) is 0 Å². The minimum atomic E-state index is 0.376. The molecule has 2 nitrogen and oxygen atoms in total. The Labute approximate surface area is 80.9 Å². The van der Waals surface area contributed by atoms with Crippen molar-refractivity contribution < 1.29 is 10.2 Å². The van der Waals surface area contributed by atoms with Gasteiger partial charge in [-0.1, -0.05) is 31.5 Å². The first-order valence-electron chi connectivity index (χ1n) is 4.41. The third-order valence-electron chi connectivity index (χ3n) is 1.35. The number of phenolic OH excluding ortho intramolecular Hbond substituents is 1. The molecule has 13 heavy (non-hydrogen) atoms. The lowest BCUT2D eigenvalue weighted by atomic mass is 10.1. The van der Waals surface area contributed by atoms with Crippen molar-refractivity contribution in [2.24, 2.45) is 0 Å². The fraction of sp³-hybridized carbons (Fsp3) is 0.455. The molecule has 0 saturated carbocycles. The molecule has 0 bridgehead atoms. The van der Waals surface area contributed by atoms with E-state index in [2.05, 4.69) is 0 Å². The van der Waals surface area contributed by atoms with E-state index in [0.717, 1.165) is 12.7 Å². The van der Waals surface area contributed by atoms with Gasteiger partial charge in [0.2, 0.25) is 0 Å². The molecular weight excluding hydrogens is 164 g/mol. The molecule has 0 unspecified atom stereocenters. The molecular formula is C11H20O2. The van der Waals surface area contributed by atoms with Gasteiger partial charge in [0.05, 0.1) is 0 Å². The van der Waals surface area contributed by atoms with Gasteiger partial charge in [0.1, 0.15) is 5.75 Å². The van der Waals surface area contributed by atoms with Crippen LogP contribution in [-0.4, -0.2) is 17.3 Å². The summed E-state index contributed by atoms with van der Waals surface area (Å²) in [5, 5.41) is 16.0. The van der Waals surface area contributed by atoms with E-state index < -0.39 is 0 Å². The van der Waals surface area contributed by atoms with Gasteiger partial charge in [-0.3, -0.25) is 0 Å². The Morgan fingerprint density at radius 3 is 1.77 bits per heavy atom. The number of hydrogen-bond acceptors (Lipinski definition) is 2. The molecule has 1 aromatic rings. The second-order valence-electron chi connectivity index (χ2n) is 2.29. The van der Waals surface area contributed by atoms with Gasteiger partial charge in [-0.25, -0.2) is 0 Å². The third kappa shape index (κ3) is 6.17. The zero-order valence-corrected chi connectivity index (χ0v) is 9.13. The predicted molar refractivity (Wildman–Crippen MR) is 57.1 cm³/mol. The summed E-state index contributed by atoms with van der Waals surface area (Å²) in [6.45, 7) is 7.90.